The Labute approximate surface area is 168 Å². The highest BCUT2D eigenvalue weighted by Crippen LogP contribution is 2.29. The average Bonchev–Trinajstić information content (AvgIpc) is 2.62. The second-order valence-corrected chi connectivity index (χ2v) is 9.74. The molecule has 27 heavy (non-hydrogen) atoms. The first kappa shape index (κ1) is 24.2. The van der Waals surface area contributed by atoms with Crippen LogP contribution in [-0.2, 0) is 10.0 Å². The Bertz CT molecular complexity index is 664. The molecule has 4 heteroatoms. The topological polar surface area (TPSA) is 46.2 Å². The highest BCUT2D eigenvalue weighted by molar-refractivity contribution is 7.89. The van der Waals surface area contributed by atoms with Crippen LogP contribution in [0.3, 0.4) is 0 Å². The van der Waals surface area contributed by atoms with E-state index in [-0.39, 0.29) is 0 Å². The van der Waals surface area contributed by atoms with Crippen molar-refractivity contribution in [1.82, 2.24) is 4.72 Å². The van der Waals surface area contributed by atoms with Gasteiger partial charge in [0.2, 0.25) is 10.0 Å². The van der Waals surface area contributed by atoms with Crippen LogP contribution < -0.4 is 4.72 Å². The smallest absolute Gasteiger partial charge is 0.211 e. The summed E-state index contributed by atoms with van der Waals surface area (Å²) in [6, 6.07) is 0. The number of hydrogen-bond acceptors (Lipinski definition) is 2. The summed E-state index contributed by atoms with van der Waals surface area (Å²) in [4.78, 5) is 0.482. The maximum absolute atomic E-state index is 12.8. The zero-order valence-corrected chi connectivity index (χ0v) is 19.3. The average molecular weight is 396 g/mol. The van der Waals surface area contributed by atoms with Gasteiger partial charge in [-0.3, -0.25) is 0 Å². The van der Waals surface area contributed by atoms with Crippen molar-refractivity contribution in [3.63, 3.8) is 0 Å². The van der Waals surface area contributed by atoms with Crippen molar-refractivity contribution in [1.29, 1.82) is 0 Å². The summed E-state index contributed by atoms with van der Waals surface area (Å²) in [5.74, 6) is 0. The van der Waals surface area contributed by atoms with Gasteiger partial charge in [-0.15, -0.1) is 0 Å². The Kier molecular flexibility index (Phi) is 10.6. The van der Waals surface area contributed by atoms with Crippen molar-refractivity contribution >= 4 is 10.0 Å². The first-order chi connectivity index (χ1) is 12.7. The molecule has 0 radical (unpaired) electrons. The Balaban J connectivity index is 2.41. The third-order valence-corrected chi connectivity index (χ3v) is 7.76. The lowest BCUT2D eigenvalue weighted by Gasteiger charge is -2.19. The van der Waals surface area contributed by atoms with E-state index in [4.69, 9.17) is 0 Å². The molecule has 1 N–H and O–H groups in total. The van der Waals surface area contributed by atoms with E-state index in [1.54, 1.807) is 0 Å². The van der Waals surface area contributed by atoms with Crippen LogP contribution in [0.1, 0.15) is 98.9 Å². The molecule has 0 aliphatic carbocycles. The lowest BCUT2D eigenvalue weighted by molar-refractivity contribution is 0.548. The predicted octanol–water partition coefficient (Wildman–Crippen LogP) is 6.43. The van der Waals surface area contributed by atoms with Crippen molar-refractivity contribution in [2.75, 3.05) is 6.54 Å². The number of nitrogens with one attached hydrogen (secondary N) is 1. The number of rotatable bonds is 13. The molecular weight excluding hydrogens is 354 g/mol. The quantitative estimate of drug-likeness (QED) is 0.391. The summed E-state index contributed by atoms with van der Waals surface area (Å²) in [5, 5.41) is 0. The predicted molar refractivity (Wildman–Crippen MR) is 117 cm³/mol. The highest BCUT2D eigenvalue weighted by Gasteiger charge is 2.23. The van der Waals surface area contributed by atoms with E-state index < -0.39 is 10.0 Å². The van der Waals surface area contributed by atoms with Crippen molar-refractivity contribution in [2.45, 2.75) is 111 Å². The maximum Gasteiger partial charge on any atom is 0.241 e. The number of benzene rings is 1. The standard InChI is InChI=1S/C23H41NO2S/c1-7-8-9-10-11-12-13-14-15-16-17-24-27(25,26)23-21(5)19(3)18(2)20(4)22(23)6/h24H,7-17H2,1-6H3. The zero-order valence-electron chi connectivity index (χ0n) is 18.5. The molecule has 1 aromatic rings. The first-order valence-electron chi connectivity index (χ1n) is 10.8. The Morgan fingerprint density at radius 3 is 1.41 bits per heavy atom. The van der Waals surface area contributed by atoms with Crippen LogP contribution in [0.5, 0.6) is 0 Å². The molecule has 0 aromatic heterocycles. The molecule has 3 nitrogen and oxygen atoms in total. The Hall–Kier alpha value is -0.870. The fraction of sp³-hybridized carbons (Fsp3) is 0.739. The second-order valence-electron chi connectivity index (χ2n) is 8.03. The van der Waals surface area contributed by atoms with Gasteiger partial charge in [0.15, 0.2) is 0 Å². The molecule has 0 saturated heterocycles. The second kappa shape index (κ2) is 11.9. The summed E-state index contributed by atoms with van der Waals surface area (Å²) in [6.07, 6.45) is 12.5. The third kappa shape index (κ3) is 7.23. The molecule has 0 fully saturated rings. The molecule has 0 aliphatic heterocycles. The van der Waals surface area contributed by atoms with E-state index in [1.165, 1.54) is 56.9 Å². The van der Waals surface area contributed by atoms with Gasteiger partial charge in [0, 0.05) is 6.54 Å². The van der Waals surface area contributed by atoms with Gasteiger partial charge in [0.25, 0.3) is 0 Å². The van der Waals surface area contributed by atoms with Crippen LogP contribution >= 0.6 is 0 Å². The first-order valence-corrected chi connectivity index (χ1v) is 12.3. The molecule has 0 atom stereocenters. The molecule has 0 bridgehead atoms. The summed E-state index contributed by atoms with van der Waals surface area (Å²) in [6.45, 7) is 12.7. The monoisotopic (exact) mass is 395 g/mol. The van der Waals surface area contributed by atoms with E-state index in [1.807, 2.05) is 27.7 Å². The Morgan fingerprint density at radius 2 is 0.963 bits per heavy atom. The van der Waals surface area contributed by atoms with Gasteiger partial charge in [-0.1, -0.05) is 64.7 Å². The molecule has 156 valence electrons. The van der Waals surface area contributed by atoms with Crippen molar-refractivity contribution in [3.8, 4) is 0 Å². The van der Waals surface area contributed by atoms with Crippen LogP contribution in [0.4, 0.5) is 0 Å². The van der Waals surface area contributed by atoms with Crippen LogP contribution in [-0.4, -0.2) is 15.0 Å². The van der Waals surface area contributed by atoms with Crippen LogP contribution in [0.25, 0.3) is 0 Å². The van der Waals surface area contributed by atoms with Crippen LogP contribution in [0, 0.1) is 34.6 Å². The molecule has 0 heterocycles. The molecule has 1 rings (SSSR count). The molecule has 0 spiro atoms. The van der Waals surface area contributed by atoms with Gasteiger partial charge >= 0.3 is 0 Å². The minimum Gasteiger partial charge on any atom is -0.211 e. The van der Waals surface area contributed by atoms with E-state index in [0.29, 0.717) is 11.4 Å². The van der Waals surface area contributed by atoms with Gasteiger partial charge in [-0.2, -0.15) is 0 Å². The minimum atomic E-state index is -3.44. The van der Waals surface area contributed by atoms with Gasteiger partial charge in [0.1, 0.15) is 0 Å². The third-order valence-electron chi connectivity index (χ3n) is 6.02. The number of sulfonamides is 1. The summed E-state index contributed by atoms with van der Waals surface area (Å²) < 4.78 is 28.5. The van der Waals surface area contributed by atoms with Crippen LogP contribution in [0.2, 0.25) is 0 Å². The van der Waals surface area contributed by atoms with E-state index in [9.17, 15) is 8.42 Å². The zero-order chi connectivity index (χ0) is 20.4. The van der Waals surface area contributed by atoms with Crippen molar-refractivity contribution in [2.24, 2.45) is 0 Å². The summed E-state index contributed by atoms with van der Waals surface area (Å²) in [7, 11) is -3.44. The molecule has 0 aliphatic rings. The molecule has 0 saturated carbocycles. The van der Waals surface area contributed by atoms with Crippen LogP contribution in [0.15, 0.2) is 4.90 Å². The minimum absolute atomic E-state index is 0.482. The molecular formula is C23H41NO2S. The molecule has 1 aromatic carbocycles. The molecule has 0 unspecified atom stereocenters. The van der Waals surface area contributed by atoms with Gasteiger partial charge < -0.3 is 0 Å². The SMILES string of the molecule is CCCCCCCCCCCCNS(=O)(=O)c1c(C)c(C)c(C)c(C)c1C. The number of unbranched alkanes of at least 4 members (excludes halogenated alkanes) is 9. The van der Waals surface area contributed by atoms with Gasteiger partial charge in [0.05, 0.1) is 4.90 Å². The van der Waals surface area contributed by atoms with Gasteiger partial charge in [-0.05, 0) is 68.9 Å². The lowest BCUT2D eigenvalue weighted by atomic mass is 9.95. The van der Waals surface area contributed by atoms with Crippen molar-refractivity contribution < 1.29 is 8.42 Å². The largest absolute Gasteiger partial charge is 0.241 e. The highest BCUT2D eigenvalue weighted by atomic mass is 32.2. The van der Waals surface area contributed by atoms with Gasteiger partial charge in [-0.25, -0.2) is 13.1 Å². The fourth-order valence-corrected chi connectivity index (χ4v) is 5.43. The van der Waals surface area contributed by atoms with E-state index in [2.05, 4.69) is 18.6 Å². The normalized spacial score (nSPS) is 11.9. The van der Waals surface area contributed by atoms with Crippen molar-refractivity contribution in [3.05, 3.63) is 27.8 Å². The Morgan fingerprint density at radius 1 is 0.593 bits per heavy atom. The van der Waals surface area contributed by atoms with E-state index in [0.717, 1.165) is 35.1 Å². The lowest BCUT2D eigenvalue weighted by Crippen LogP contribution is -2.27. The summed E-state index contributed by atoms with van der Waals surface area (Å²) in [5.41, 5.74) is 5.12. The van der Waals surface area contributed by atoms with E-state index >= 15 is 0 Å². The number of hydrogen-bond donors (Lipinski definition) is 1. The molecule has 0 amide bonds. The maximum atomic E-state index is 12.8. The fourth-order valence-electron chi connectivity index (χ4n) is 3.76. The summed E-state index contributed by atoms with van der Waals surface area (Å²) >= 11 is 0.